The zero-order valence-electron chi connectivity index (χ0n) is 7.04. The summed E-state index contributed by atoms with van der Waals surface area (Å²) in [6.45, 7) is 0. The summed E-state index contributed by atoms with van der Waals surface area (Å²) in [6, 6.07) is 3.00. The summed E-state index contributed by atoms with van der Waals surface area (Å²) in [7, 11) is 0. The van der Waals surface area contributed by atoms with E-state index < -0.39 is 5.97 Å². The smallest absolute Gasteiger partial charge is 0.337 e. The van der Waals surface area contributed by atoms with Gasteiger partial charge in [0, 0.05) is 12.4 Å². The van der Waals surface area contributed by atoms with Gasteiger partial charge in [0.25, 0.3) is 0 Å². The van der Waals surface area contributed by atoms with Gasteiger partial charge in [-0.25, -0.2) is 9.78 Å². The minimum Gasteiger partial charge on any atom is -0.478 e. The Balaban J connectivity index is 2.65. The molecule has 0 amide bonds. The lowest BCUT2D eigenvalue weighted by Gasteiger charge is -1.95. The van der Waals surface area contributed by atoms with E-state index in [2.05, 4.69) is 4.98 Å². The number of aromatic carboxylic acids is 1. The van der Waals surface area contributed by atoms with Crippen LogP contribution in [0.5, 0.6) is 0 Å². The van der Waals surface area contributed by atoms with Crippen molar-refractivity contribution in [2.45, 2.75) is 0 Å². The summed E-state index contributed by atoms with van der Waals surface area (Å²) >= 11 is 0. The normalized spacial score (nSPS) is 10.3. The van der Waals surface area contributed by atoms with Gasteiger partial charge in [0.15, 0.2) is 6.29 Å². The summed E-state index contributed by atoms with van der Waals surface area (Å²) in [5, 5.41) is 8.70. The maximum atomic E-state index is 10.6. The molecule has 0 atom stereocenters. The van der Waals surface area contributed by atoms with Gasteiger partial charge in [-0.3, -0.25) is 4.79 Å². The molecule has 2 rings (SSSR count). The van der Waals surface area contributed by atoms with Crippen molar-refractivity contribution in [2.75, 3.05) is 0 Å². The first kappa shape index (κ1) is 8.43. The first-order valence-electron chi connectivity index (χ1n) is 3.88. The van der Waals surface area contributed by atoms with Crippen LogP contribution in [0.3, 0.4) is 0 Å². The Hall–Kier alpha value is -2.17. The second-order valence-corrected chi connectivity index (χ2v) is 2.77. The molecular formula is C9H6N2O3. The van der Waals surface area contributed by atoms with Gasteiger partial charge < -0.3 is 9.51 Å². The van der Waals surface area contributed by atoms with Gasteiger partial charge in [0.05, 0.1) is 5.56 Å². The van der Waals surface area contributed by atoms with Crippen molar-refractivity contribution < 1.29 is 14.7 Å². The second-order valence-electron chi connectivity index (χ2n) is 2.77. The number of fused-ring (bicyclic) bond motifs is 1. The molecule has 14 heavy (non-hydrogen) atoms. The van der Waals surface area contributed by atoms with Crippen molar-refractivity contribution in [2.24, 2.45) is 0 Å². The predicted molar refractivity (Wildman–Crippen MR) is 47.5 cm³/mol. The predicted octanol–water partition coefficient (Wildman–Crippen LogP) is 0.845. The van der Waals surface area contributed by atoms with Gasteiger partial charge >= 0.3 is 5.97 Å². The van der Waals surface area contributed by atoms with E-state index in [1.807, 2.05) is 0 Å². The summed E-state index contributed by atoms with van der Waals surface area (Å²) < 4.78 is 1.51. The summed E-state index contributed by atoms with van der Waals surface area (Å²) in [5.74, 6) is -1.01. The van der Waals surface area contributed by atoms with E-state index in [9.17, 15) is 9.59 Å². The minimum atomic E-state index is -1.01. The van der Waals surface area contributed by atoms with Gasteiger partial charge in [-0.05, 0) is 12.1 Å². The van der Waals surface area contributed by atoms with Crippen LogP contribution in [0.15, 0.2) is 24.5 Å². The standard InChI is InChI=1S/C9H6N2O3/c12-5-7-4-11-3-6(9(13)14)1-2-8(11)10-7/h1-5H,(H,13,14). The zero-order chi connectivity index (χ0) is 10.1. The Labute approximate surface area is 78.6 Å². The lowest BCUT2D eigenvalue weighted by Crippen LogP contribution is -1.97. The molecule has 0 saturated carbocycles. The van der Waals surface area contributed by atoms with E-state index in [0.29, 0.717) is 11.9 Å². The highest BCUT2D eigenvalue weighted by molar-refractivity contribution is 5.87. The Morgan fingerprint density at radius 1 is 1.43 bits per heavy atom. The Morgan fingerprint density at radius 2 is 2.21 bits per heavy atom. The highest BCUT2D eigenvalue weighted by Crippen LogP contribution is 2.06. The Bertz CT molecular complexity index is 516. The molecule has 0 saturated heterocycles. The Morgan fingerprint density at radius 3 is 2.86 bits per heavy atom. The lowest BCUT2D eigenvalue weighted by molar-refractivity contribution is 0.0696. The highest BCUT2D eigenvalue weighted by Gasteiger charge is 2.05. The van der Waals surface area contributed by atoms with Gasteiger partial charge in [0.1, 0.15) is 11.3 Å². The third-order valence-electron chi connectivity index (χ3n) is 1.84. The summed E-state index contributed by atoms with van der Waals surface area (Å²) in [6.07, 6.45) is 3.51. The van der Waals surface area contributed by atoms with Crippen molar-refractivity contribution in [3.63, 3.8) is 0 Å². The molecule has 0 radical (unpaired) electrons. The van der Waals surface area contributed by atoms with Gasteiger partial charge in [-0.2, -0.15) is 0 Å². The third kappa shape index (κ3) is 1.24. The van der Waals surface area contributed by atoms with Crippen LogP contribution in [0.1, 0.15) is 20.8 Å². The average Bonchev–Trinajstić information content (AvgIpc) is 2.58. The molecule has 0 bridgehead atoms. The maximum absolute atomic E-state index is 10.6. The number of carbonyl (C=O) groups excluding carboxylic acids is 1. The van der Waals surface area contributed by atoms with Crippen LogP contribution in [0.4, 0.5) is 0 Å². The third-order valence-corrected chi connectivity index (χ3v) is 1.84. The number of imidazole rings is 1. The SMILES string of the molecule is O=Cc1cn2cc(C(=O)O)ccc2n1. The number of carboxylic acid groups (broad SMARTS) is 1. The van der Waals surface area contributed by atoms with Crippen LogP contribution in [-0.4, -0.2) is 26.7 Å². The van der Waals surface area contributed by atoms with Crippen molar-refractivity contribution in [1.29, 1.82) is 0 Å². The van der Waals surface area contributed by atoms with Crippen LogP contribution in [0, 0.1) is 0 Å². The number of hydrogen-bond acceptors (Lipinski definition) is 3. The van der Waals surface area contributed by atoms with E-state index >= 15 is 0 Å². The van der Waals surface area contributed by atoms with Gasteiger partial charge in [-0.1, -0.05) is 0 Å². The molecule has 0 fully saturated rings. The molecular weight excluding hydrogens is 184 g/mol. The number of nitrogens with zero attached hydrogens (tertiary/aromatic N) is 2. The molecule has 5 heteroatoms. The second kappa shape index (κ2) is 2.95. The molecule has 0 aliphatic rings. The number of hydrogen-bond donors (Lipinski definition) is 1. The van der Waals surface area contributed by atoms with Gasteiger partial charge in [0.2, 0.25) is 0 Å². The summed E-state index contributed by atoms with van der Waals surface area (Å²) in [5.41, 5.74) is 0.997. The van der Waals surface area contributed by atoms with Crippen molar-refractivity contribution >= 4 is 17.9 Å². The van der Waals surface area contributed by atoms with E-state index in [1.54, 1.807) is 6.07 Å². The van der Waals surface area contributed by atoms with E-state index in [0.717, 1.165) is 0 Å². The highest BCUT2D eigenvalue weighted by atomic mass is 16.4. The molecule has 2 aromatic rings. The molecule has 1 N–H and O–H groups in total. The average molecular weight is 190 g/mol. The van der Waals surface area contributed by atoms with E-state index in [1.165, 1.54) is 22.9 Å². The van der Waals surface area contributed by atoms with E-state index in [4.69, 9.17) is 5.11 Å². The van der Waals surface area contributed by atoms with Crippen LogP contribution < -0.4 is 0 Å². The topological polar surface area (TPSA) is 71.7 Å². The quantitative estimate of drug-likeness (QED) is 0.712. The number of aldehydes is 1. The van der Waals surface area contributed by atoms with Crippen LogP contribution >= 0.6 is 0 Å². The largest absolute Gasteiger partial charge is 0.478 e. The molecule has 0 unspecified atom stereocenters. The fourth-order valence-corrected chi connectivity index (χ4v) is 1.19. The first-order chi connectivity index (χ1) is 6.70. The van der Waals surface area contributed by atoms with Crippen molar-refractivity contribution in [1.82, 2.24) is 9.38 Å². The lowest BCUT2D eigenvalue weighted by atomic mass is 10.3. The maximum Gasteiger partial charge on any atom is 0.337 e. The minimum absolute atomic E-state index is 0.160. The monoisotopic (exact) mass is 190 g/mol. The molecule has 2 aromatic heterocycles. The molecule has 5 nitrogen and oxygen atoms in total. The number of carboxylic acids is 1. The fraction of sp³-hybridized carbons (Fsp3) is 0. The fourth-order valence-electron chi connectivity index (χ4n) is 1.19. The number of rotatable bonds is 2. The van der Waals surface area contributed by atoms with Crippen molar-refractivity contribution in [3.05, 3.63) is 35.8 Å². The number of aromatic nitrogens is 2. The van der Waals surface area contributed by atoms with Crippen LogP contribution in [-0.2, 0) is 0 Å². The zero-order valence-corrected chi connectivity index (χ0v) is 7.04. The molecule has 0 aromatic carbocycles. The first-order valence-corrected chi connectivity index (χ1v) is 3.88. The molecule has 0 aliphatic carbocycles. The molecule has 2 heterocycles. The van der Waals surface area contributed by atoms with E-state index in [-0.39, 0.29) is 11.3 Å². The van der Waals surface area contributed by atoms with Crippen LogP contribution in [0.2, 0.25) is 0 Å². The van der Waals surface area contributed by atoms with Crippen molar-refractivity contribution in [3.8, 4) is 0 Å². The summed E-state index contributed by atoms with van der Waals surface area (Å²) in [4.78, 5) is 25.0. The molecule has 0 spiro atoms. The Kier molecular flexibility index (Phi) is 1.78. The number of carbonyl (C=O) groups is 2. The molecule has 0 aliphatic heterocycles. The number of pyridine rings is 1. The van der Waals surface area contributed by atoms with Gasteiger partial charge in [-0.15, -0.1) is 0 Å². The molecule has 70 valence electrons. The van der Waals surface area contributed by atoms with Crippen LogP contribution in [0.25, 0.3) is 5.65 Å².